The number of methoxy groups -OCH3 is 1. The molecule has 0 bridgehead atoms. The lowest BCUT2D eigenvalue weighted by Gasteiger charge is -2.30. The maximum Gasteiger partial charge on any atom is 0.326 e. The Morgan fingerprint density at radius 2 is 1.95 bits per heavy atom. The van der Waals surface area contributed by atoms with E-state index in [4.69, 9.17) is 4.74 Å². The molecule has 6 nitrogen and oxygen atoms in total. The molecule has 2 rings (SSSR count). The standard InChI is InChI=1S/C15H26N2O4/c1-10(11-6-4-3-5-7-11)16-15(20)17-9-12(21-2)8-13(17)14(18)19/h10-13H,3-9H2,1-2H3,(H,16,20)(H,18,19). The summed E-state index contributed by atoms with van der Waals surface area (Å²) in [5.74, 6) is -0.457. The summed E-state index contributed by atoms with van der Waals surface area (Å²) in [5.41, 5.74) is 0. The van der Waals surface area contributed by atoms with Crippen LogP contribution in [0.3, 0.4) is 0 Å². The number of aliphatic carboxylic acids is 1. The zero-order chi connectivity index (χ0) is 15.4. The molecular formula is C15H26N2O4. The van der Waals surface area contributed by atoms with Crippen molar-refractivity contribution in [2.45, 2.75) is 63.6 Å². The van der Waals surface area contributed by atoms with Crippen LogP contribution >= 0.6 is 0 Å². The third-order valence-corrected chi connectivity index (χ3v) is 4.85. The Balaban J connectivity index is 1.93. The highest BCUT2D eigenvalue weighted by molar-refractivity contribution is 5.83. The summed E-state index contributed by atoms with van der Waals surface area (Å²) in [6, 6.07) is -0.970. The quantitative estimate of drug-likeness (QED) is 0.830. The van der Waals surface area contributed by atoms with Crippen LogP contribution in [0.4, 0.5) is 4.79 Å². The molecule has 1 aliphatic carbocycles. The van der Waals surface area contributed by atoms with Crippen LogP contribution in [-0.4, -0.2) is 53.8 Å². The van der Waals surface area contributed by atoms with Crippen molar-refractivity contribution >= 4 is 12.0 Å². The van der Waals surface area contributed by atoms with Crippen molar-refractivity contribution in [2.24, 2.45) is 5.92 Å². The van der Waals surface area contributed by atoms with Crippen molar-refractivity contribution in [3.63, 3.8) is 0 Å². The number of amides is 2. The number of nitrogens with zero attached hydrogens (tertiary/aromatic N) is 1. The average Bonchev–Trinajstić information content (AvgIpc) is 2.92. The van der Waals surface area contributed by atoms with Gasteiger partial charge in [0.2, 0.25) is 0 Å². The predicted molar refractivity (Wildman–Crippen MR) is 78.1 cm³/mol. The van der Waals surface area contributed by atoms with Crippen LogP contribution in [0.2, 0.25) is 0 Å². The van der Waals surface area contributed by atoms with Gasteiger partial charge in [-0.1, -0.05) is 19.3 Å². The van der Waals surface area contributed by atoms with Gasteiger partial charge >= 0.3 is 12.0 Å². The number of nitrogens with one attached hydrogen (secondary N) is 1. The Hall–Kier alpha value is -1.30. The van der Waals surface area contributed by atoms with E-state index < -0.39 is 12.0 Å². The van der Waals surface area contributed by atoms with Gasteiger partial charge in [-0.2, -0.15) is 0 Å². The molecule has 1 saturated carbocycles. The van der Waals surface area contributed by atoms with Gasteiger partial charge in [0.05, 0.1) is 6.10 Å². The first kappa shape index (κ1) is 16.1. The number of carbonyl (C=O) groups is 2. The lowest BCUT2D eigenvalue weighted by molar-refractivity contribution is -0.141. The van der Waals surface area contributed by atoms with E-state index in [0.717, 1.165) is 12.8 Å². The molecular weight excluding hydrogens is 272 g/mol. The molecule has 0 aromatic heterocycles. The second-order valence-corrected chi connectivity index (χ2v) is 6.24. The molecule has 2 amide bonds. The monoisotopic (exact) mass is 298 g/mol. The minimum absolute atomic E-state index is 0.0915. The lowest BCUT2D eigenvalue weighted by Crippen LogP contribution is -2.50. The van der Waals surface area contributed by atoms with Gasteiger partial charge in [0.15, 0.2) is 0 Å². The molecule has 0 radical (unpaired) electrons. The number of likely N-dealkylation sites (tertiary alicyclic amines) is 1. The molecule has 0 aromatic carbocycles. The van der Waals surface area contributed by atoms with Gasteiger partial charge in [-0.25, -0.2) is 9.59 Å². The van der Waals surface area contributed by atoms with Crippen LogP contribution in [0, 0.1) is 5.92 Å². The second kappa shape index (κ2) is 7.11. The van der Waals surface area contributed by atoms with E-state index in [1.807, 2.05) is 6.92 Å². The fourth-order valence-corrected chi connectivity index (χ4v) is 3.46. The first-order valence-electron chi connectivity index (χ1n) is 7.85. The summed E-state index contributed by atoms with van der Waals surface area (Å²) in [4.78, 5) is 25.1. The molecule has 120 valence electrons. The molecule has 0 aromatic rings. The number of hydrogen-bond donors (Lipinski definition) is 2. The van der Waals surface area contributed by atoms with Crippen molar-refractivity contribution in [1.29, 1.82) is 0 Å². The minimum atomic E-state index is -0.963. The minimum Gasteiger partial charge on any atom is -0.480 e. The van der Waals surface area contributed by atoms with Crippen LogP contribution < -0.4 is 5.32 Å². The maximum atomic E-state index is 12.4. The van der Waals surface area contributed by atoms with Crippen LogP contribution in [0.1, 0.15) is 45.4 Å². The van der Waals surface area contributed by atoms with Gasteiger partial charge in [0.25, 0.3) is 0 Å². The van der Waals surface area contributed by atoms with Crippen LogP contribution in [0.15, 0.2) is 0 Å². The molecule has 3 unspecified atom stereocenters. The summed E-state index contributed by atoms with van der Waals surface area (Å²) >= 11 is 0. The number of ether oxygens (including phenoxy) is 1. The normalized spacial score (nSPS) is 28.4. The molecule has 2 N–H and O–H groups in total. The van der Waals surface area contributed by atoms with Crippen LogP contribution in [0.5, 0.6) is 0 Å². The van der Waals surface area contributed by atoms with E-state index in [9.17, 15) is 14.7 Å². The third-order valence-electron chi connectivity index (χ3n) is 4.85. The molecule has 1 aliphatic heterocycles. The number of rotatable bonds is 4. The Morgan fingerprint density at radius 3 is 2.52 bits per heavy atom. The molecule has 0 spiro atoms. The molecule has 1 saturated heterocycles. The Morgan fingerprint density at radius 1 is 1.29 bits per heavy atom. The summed E-state index contributed by atoms with van der Waals surface area (Å²) in [7, 11) is 1.55. The first-order valence-corrected chi connectivity index (χ1v) is 7.85. The van der Waals surface area contributed by atoms with E-state index in [1.165, 1.54) is 24.2 Å². The highest BCUT2D eigenvalue weighted by atomic mass is 16.5. The second-order valence-electron chi connectivity index (χ2n) is 6.24. The van der Waals surface area contributed by atoms with E-state index in [1.54, 1.807) is 7.11 Å². The fourth-order valence-electron chi connectivity index (χ4n) is 3.46. The van der Waals surface area contributed by atoms with E-state index >= 15 is 0 Å². The Kier molecular flexibility index (Phi) is 5.45. The van der Waals surface area contributed by atoms with Crippen molar-refractivity contribution < 1.29 is 19.4 Å². The Labute approximate surface area is 125 Å². The number of urea groups is 1. The van der Waals surface area contributed by atoms with E-state index in [-0.39, 0.29) is 18.2 Å². The van der Waals surface area contributed by atoms with E-state index in [0.29, 0.717) is 18.9 Å². The van der Waals surface area contributed by atoms with Gasteiger partial charge in [0, 0.05) is 26.1 Å². The maximum absolute atomic E-state index is 12.4. The van der Waals surface area contributed by atoms with Crippen LogP contribution in [0.25, 0.3) is 0 Å². The zero-order valence-electron chi connectivity index (χ0n) is 12.9. The van der Waals surface area contributed by atoms with Crippen molar-refractivity contribution in [3.05, 3.63) is 0 Å². The first-order chi connectivity index (χ1) is 10.0. The largest absolute Gasteiger partial charge is 0.480 e. The lowest BCUT2D eigenvalue weighted by atomic mass is 9.84. The summed E-state index contributed by atoms with van der Waals surface area (Å²) < 4.78 is 5.21. The van der Waals surface area contributed by atoms with Crippen molar-refractivity contribution in [1.82, 2.24) is 10.2 Å². The average molecular weight is 298 g/mol. The Bertz CT molecular complexity index is 382. The molecule has 3 atom stereocenters. The molecule has 2 aliphatic rings. The highest BCUT2D eigenvalue weighted by Crippen LogP contribution is 2.27. The SMILES string of the molecule is COC1CC(C(=O)O)N(C(=O)NC(C)C2CCCCC2)C1. The third kappa shape index (κ3) is 3.87. The number of carboxylic acids is 1. The smallest absolute Gasteiger partial charge is 0.326 e. The number of carbonyl (C=O) groups excluding carboxylic acids is 1. The van der Waals surface area contributed by atoms with Crippen LogP contribution in [-0.2, 0) is 9.53 Å². The number of hydrogen-bond acceptors (Lipinski definition) is 3. The summed E-state index contributed by atoms with van der Waals surface area (Å²) in [6.07, 6.45) is 6.17. The van der Waals surface area contributed by atoms with Gasteiger partial charge < -0.3 is 20.1 Å². The molecule has 21 heavy (non-hydrogen) atoms. The van der Waals surface area contributed by atoms with Crippen molar-refractivity contribution in [3.8, 4) is 0 Å². The summed E-state index contributed by atoms with van der Waals surface area (Å²) in [5, 5.41) is 12.2. The highest BCUT2D eigenvalue weighted by Gasteiger charge is 2.40. The summed E-state index contributed by atoms with van der Waals surface area (Å²) in [6.45, 7) is 2.37. The van der Waals surface area contributed by atoms with Gasteiger partial charge in [0.1, 0.15) is 6.04 Å². The topological polar surface area (TPSA) is 78.9 Å². The fraction of sp³-hybridized carbons (Fsp3) is 0.867. The number of carboxylic acid groups (broad SMARTS) is 1. The zero-order valence-corrected chi connectivity index (χ0v) is 12.9. The molecule has 6 heteroatoms. The van der Waals surface area contributed by atoms with E-state index in [2.05, 4.69) is 5.32 Å². The van der Waals surface area contributed by atoms with Gasteiger partial charge in [-0.15, -0.1) is 0 Å². The molecule has 1 heterocycles. The van der Waals surface area contributed by atoms with Crippen molar-refractivity contribution in [2.75, 3.05) is 13.7 Å². The molecule has 2 fully saturated rings. The van der Waals surface area contributed by atoms with Gasteiger partial charge in [-0.3, -0.25) is 0 Å². The van der Waals surface area contributed by atoms with Gasteiger partial charge in [-0.05, 0) is 25.7 Å². The predicted octanol–water partition coefficient (Wildman–Crippen LogP) is 1.84.